The summed E-state index contributed by atoms with van der Waals surface area (Å²) in [4.78, 5) is 21.8. The number of fused-ring (bicyclic) bond motifs is 1. The number of carbonyl (C=O) groups excluding carboxylic acids is 1. The highest BCUT2D eigenvalue weighted by atomic mass is 16.5. The van der Waals surface area contributed by atoms with Gasteiger partial charge in [-0.1, -0.05) is 0 Å². The molecule has 1 saturated heterocycles. The van der Waals surface area contributed by atoms with Gasteiger partial charge in [-0.05, 0) is 37.7 Å². The molecule has 0 spiro atoms. The Labute approximate surface area is 94.3 Å². The fourth-order valence-corrected chi connectivity index (χ4v) is 2.51. The van der Waals surface area contributed by atoms with Crippen LogP contribution in [0, 0.1) is 5.92 Å². The number of esters is 1. The van der Waals surface area contributed by atoms with E-state index in [1.165, 1.54) is 0 Å². The third kappa shape index (κ3) is 2.43. The molecule has 2 aliphatic rings. The van der Waals surface area contributed by atoms with Crippen LogP contribution >= 0.6 is 0 Å². The largest absolute Gasteiger partial charge is 0.481 e. The third-order valence-corrected chi connectivity index (χ3v) is 3.31. The van der Waals surface area contributed by atoms with E-state index in [-0.39, 0.29) is 12.4 Å². The zero-order valence-corrected chi connectivity index (χ0v) is 9.20. The number of rotatable bonds is 3. The minimum Gasteiger partial charge on any atom is -0.481 e. The second kappa shape index (κ2) is 4.68. The molecule has 1 aliphatic carbocycles. The molecule has 4 nitrogen and oxygen atoms in total. The number of hydrogen-bond acceptors (Lipinski definition) is 3. The summed E-state index contributed by atoms with van der Waals surface area (Å²) in [5.41, 5.74) is 1.05. The Hall–Kier alpha value is -1.32. The van der Waals surface area contributed by atoms with Gasteiger partial charge in [0, 0.05) is 18.8 Å². The van der Waals surface area contributed by atoms with Crippen LogP contribution in [0.25, 0.3) is 0 Å². The molecular formula is C12H16O4. The van der Waals surface area contributed by atoms with Crippen LogP contribution in [0.1, 0.15) is 44.9 Å². The predicted molar refractivity (Wildman–Crippen MR) is 56.6 cm³/mol. The average molecular weight is 224 g/mol. The Bertz CT molecular complexity index is 343. The maximum atomic E-state index is 11.2. The Balaban J connectivity index is 2.11. The lowest BCUT2D eigenvalue weighted by Crippen LogP contribution is -2.24. The van der Waals surface area contributed by atoms with Gasteiger partial charge < -0.3 is 9.84 Å². The summed E-state index contributed by atoms with van der Waals surface area (Å²) in [6, 6.07) is 0. The number of hydrogen-bond donors (Lipinski definition) is 1. The van der Waals surface area contributed by atoms with E-state index in [0.29, 0.717) is 18.8 Å². The molecule has 0 aromatic carbocycles. The van der Waals surface area contributed by atoms with Gasteiger partial charge in [-0.2, -0.15) is 0 Å². The molecule has 1 fully saturated rings. The van der Waals surface area contributed by atoms with Crippen LogP contribution in [0.2, 0.25) is 0 Å². The lowest BCUT2D eigenvalue weighted by molar-refractivity contribution is -0.144. The molecule has 0 amide bonds. The van der Waals surface area contributed by atoms with E-state index in [2.05, 4.69) is 0 Å². The van der Waals surface area contributed by atoms with Gasteiger partial charge in [-0.3, -0.25) is 9.59 Å². The summed E-state index contributed by atoms with van der Waals surface area (Å²) in [7, 11) is 0. The molecule has 2 rings (SSSR count). The van der Waals surface area contributed by atoms with Crippen LogP contribution in [0.5, 0.6) is 0 Å². The highest BCUT2D eigenvalue weighted by Gasteiger charge is 2.30. The van der Waals surface area contributed by atoms with Crippen molar-refractivity contribution in [3.05, 3.63) is 11.3 Å². The van der Waals surface area contributed by atoms with E-state index in [9.17, 15) is 9.59 Å². The Morgan fingerprint density at radius 2 is 2.19 bits per heavy atom. The van der Waals surface area contributed by atoms with E-state index in [0.717, 1.165) is 37.0 Å². The lowest BCUT2D eigenvalue weighted by atomic mass is 9.83. The highest BCUT2D eigenvalue weighted by molar-refractivity contribution is 5.72. The van der Waals surface area contributed by atoms with Crippen LogP contribution in [0.15, 0.2) is 11.3 Å². The first-order valence-corrected chi connectivity index (χ1v) is 5.81. The van der Waals surface area contributed by atoms with E-state index in [1.54, 1.807) is 0 Å². The van der Waals surface area contributed by atoms with Gasteiger partial charge in [-0.15, -0.1) is 0 Å². The van der Waals surface area contributed by atoms with Crippen molar-refractivity contribution >= 4 is 11.9 Å². The molecule has 0 radical (unpaired) electrons. The Morgan fingerprint density at radius 3 is 2.94 bits per heavy atom. The first kappa shape index (κ1) is 11.2. The quantitative estimate of drug-likeness (QED) is 0.747. The molecule has 0 aromatic rings. The molecule has 0 aromatic heterocycles. The molecule has 0 saturated carbocycles. The number of allylic oxidation sites excluding steroid dienone is 2. The highest BCUT2D eigenvalue weighted by Crippen LogP contribution is 2.38. The fraction of sp³-hybridized carbons (Fsp3) is 0.667. The Morgan fingerprint density at radius 1 is 1.38 bits per heavy atom. The molecule has 1 N–H and O–H groups in total. The van der Waals surface area contributed by atoms with Crippen molar-refractivity contribution < 1.29 is 19.4 Å². The summed E-state index contributed by atoms with van der Waals surface area (Å²) in [6.07, 6.45) is 5.05. The van der Waals surface area contributed by atoms with Crippen molar-refractivity contribution in [2.75, 3.05) is 0 Å². The van der Waals surface area contributed by atoms with Gasteiger partial charge in [0.05, 0.1) is 0 Å². The number of carboxylic acids is 1. The van der Waals surface area contributed by atoms with Crippen LogP contribution in [0.4, 0.5) is 0 Å². The fourth-order valence-electron chi connectivity index (χ4n) is 2.51. The standard InChI is InChI=1S/C12H16O4/c13-10(14)6-4-8-2-1-3-9-5-7-11(15)16-12(8)9/h9H,1-7H2,(H,13,14). The maximum absolute atomic E-state index is 11.2. The summed E-state index contributed by atoms with van der Waals surface area (Å²) >= 11 is 0. The van der Waals surface area contributed by atoms with Crippen LogP contribution in [-0.2, 0) is 14.3 Å². The van der Waals surface area contributed by atoms with Gasteiger partial charge in [0.1, 0.15) is 5.76 Å². The van der Waals surface area contributed by atoms with E-state index in [1.807, 2.05) is 0 Å². The van der Waals surface area contributed by atoms with Crippen LogP contribution in [0.3, 0.4) is 0 Å². The monoisotopic (exact) mass is 224 g/mol. The second-order valence-corrected chi connectivity index (χ2v) is 4.46. The van der Waals surface area contributed by atoms with Crippen molar-refractivity contribution in [1.29, 1.82) is 0 Å². The number of carbonyl (C=O) groups is 2. The first-order chi connectivity index (χ1) is 7.66. The third-order valence-electron chi connectivity index (χ3n) is 3.31. The predicted octanol–water partition coefficient (Wildman–Crippen LogP) is 2.24. The van der Waals surface area contributed by atoms with Crippen molar-refractivity contribution in [1.82, 2.24) is 0 Å². The summed E-state index contributed by atoms with van der Waals surface area (Å²) in [5.74, 6) is 0.192. The van der Waals surface area contributed by atoms with E-state index < -0.39 is 5.97 Å². The van der Waals surface area contributed by atoms with Gasteiger partial charge in [-0.25, -0.2) is 0 Å². The molecule has 16 heavy (non-hydrogen) atoms. The zero-order valence-electron chi connectivity index (χ0n) is 9.20. The topological polar surface area (TPSA) is 63.6 Å². The van der Waals surface area contributed by atoms with E-state index >= 15 is 0 Å². The van der Waals surface area contributed by atoms with Gasteiger partial charge in [0.15, 0.2) is 0 Å². The van der Waals surface area contributed by atoms with Gasteiger partial charge in [0.2, 0.25) is 0 Å². The second-order valence-electron chi connectivity index (χ2n) is 4.46. The van der Waals surface area contributed by atoms with Crippen LogP contribution in [-0.4, -0.2) is 17.0 Å². The molecule has 1 heterocycles. The van der Waals surface area contributed by atoms with Crippen LogP contribution < -0.4 is 0 Å². The van der Waals surface area contributed by atoms with Crippen molar-refractivity contribution in [2.45, 2.75) is 44.9 Å². The van der Waals surface area contributed by atoms with Crippen molar-refractivity contribution in [3.8, 4) is 0 Å². The summed E-state index contributed by atoms with van der Waals surface area (Å²) in [6.45, 7) is 0. The first-order valence-electron chi connectivity index (χ1n) is 5.81. The molecule has 0 bridgehead atoms. The minimum absolute atomic E-state index is 0.128. The smallest absolute Gasteiger partial charge is 0.310 e. The van der Waals surface area contributed by atoms with Crippen molar-refractivity contribution in [2.24, 2.45) is 5.92 Å². The molecule has 1 atom stereocenters. The summed E-state index contributed by atoms with van der Waals surface area (Å²) < 4.78 is 5.28. The van der Waals surface area contributed by atoms with Crippen molar-refractivity contribution in [3.63, 3.8) is 0 Å². The molecule has 1 unspecified atom stereocenters. The average Bonchev–Trinajstić information content (AvgIpc) is 2.26. The molecular weight excluding hydrogens is 208 g/mol. The normalized spacial score (nSPS) is 25.0. The molecule has 1 aliphatic heterocycles. The molecule has 88 valence electrons. The SMILES string of the molecule is O=C(O)CCC1=C2OC(=O)CCC2CCC1. The number of aliphatic carboxylic acids is 1. The Kier molecular flexibility index (Phi) is 3.27. The summed E-state index contributed by atoms with van der Waals surface area (Å²) in [5, 5.41) is 8.66. The van der Waals surface area contributed by atoms with Gasteiger partial charge in [0.25, 0.3) is 0 Å². The van der Waals surface area contributed by atoms with Gasteiger partial charge >= 0.3 is 11.9 Å². The minimum atomic E-state index is -0.794. The van der Waals surface area contributed by atoms with E-state index in [4.69, 9.17) is 9.84 Å². The molecule has 4 heteroatoms. The lowest BCUT2D eigenvalue weighted by Gasteiger charge is -2.31. The maximum Gasteiger partial charge on any atom is 0.310 e. The number of ether oxygens (including phenoxy) is 1. The number of carboxylic acid groups (broad SMARTS) is 1. The zero-order chi connectivity index (χ0) is 11.5.